The second-order valence-corrected chi connectivity index (χ2v) is 11.8. The number of nitrogens with zero attached hydrogens (tertiary/aromatic N) is 2. The van der Waals surface area contributed by atoms with Crippen molar-refractivity contribution in [3.63, 3.8) is 0 Å². The lowest BCUT2D eigenvalue weighted by atomic mass is 9.98. The van der Waals surface area contributed by atoms with Gasteiger partial charge < -0.3 is 20.2 Å². The number of rotatable bonds is 6. The highest BCUT2D eigenvalue weighted by atomic mass is 32.2. The average Bonchev–Trinajstić information content (AvgIpc) is 3.08. The predicted octanol–water partition coefficient (Wildman–Crippen LogP) is 2.37. The number of amides is 3. The minimum Gasteiger partial charge on any atom is -0.465 e. The minimum absolute atomic E-state index is 0.0400. The number of likely N-dealkylation sites (tertiary alicyclic amines) is 2. The molecule has 194 valence electrons. The summed E-state index contributed by atoms with van der Waals surface area (Å²) >= 11 is 0. The number of hydrogen-bond acceptors (Lipinski definition) is 5. The van der Waals surface area contributed by atoms with Crippen LogP contribution in [-0.2, 0) is 20.8 Å². The molecule has 0 radical (unpaired) electrons. The molecule has 0 unspecified atom stereocenters. The average molecular weight is 520 g/mol. The molecule has 0 spiro atoms. The zero-order valence-corrected chi connectivity index (χ0v) is 20.2. The van der Waals surface area contributed by atoms with Crippen LogP contribution in [0.25, 0.3) is 0 Å². The number of nitrogens with one attached hydrogen (secondary N) is 1. The summed E-state index contributed by atoms with van der Waals surface area (Å²) in [6.07, 6.45) is -5.08. The van der Waals surface area contributed by atoms with Crippen molar-refractivity contribution in [2.75, 3.05) is 25.4 Å². The summed E-state index contributed by atoms with van der Waals surface area (Å²) in [7, 11) is -3.83. The van der Waals surface area contributed by atoms with Crippen LogP contribution in [0.4, 0.5) is 18.0 Å². The summed E-state index contributed by atoms with van der Waals surface area (Å²) in [6.45, 7) is 3.43. The Morgan fingerprint density at radius 3 is 2.37 bits per heavy atom. The molecular formula is C22H28F3N3O6S. The molecule has 13 heteroatoms. The Kier molecular flexibility index (Phi) is 7.39. The predicted molar refractivity (Wildman–Crippen MR) is 120 cm³/mol. The van der Waals surface area contributed by atoms with Gasteiger partial charge in [-0.15, -0.1) is 0 Å². The number of hydrogen-bond donors (Lipinski definition) is 2. The van der Waals surface area contributed by atoms with Gasteiger partial charge in [0.2, 0.25) is 5.91 Å². The first-order chi connectivity index (χ1) is 16.2. The van der Waals surface area contributed by atoms with Gasteiger partial charge in [-0.1, -0.05) is 6.07 Å². The largest absolute Gasteiger partial charge is 0.465 e. The molecule has 2 aliphatic heterocycles. The van der Waals surface area contributed by atoms with Crippen molar-refractivity contribution in [2.45, 2.75) is 56.1 Å². The first-order valence-corrected chi connectivity index (χ1v) is 12.9. The topological polar surface area (TPSA) is 124 Å². The van der Waals surface area contributed by atoms with Gasteiger partial charge in [0, 0.05) is 31.2 Å². The zero-order chi connectivity index (χ0) is 26.2. The maximum atomic E-state index is 13.6. The Morgan fingerprint density at radius 1 is 1.20 bits per heavy atom. The molecule has 9 nitrogen and oxygen atoms in total. The Labute approximate surface area is 201 Å². The molecule has 2 N–H and O–H groups in total. The van der Waals surface area contributed by atoms with E-state index >= 15 is 0 Å². The van der Waals surface area contributed by atoms with Crippen LogP contribution in [0, 0.1) is 0 Å². The smallest absolute Gasteiger partial charge is 0.416 e. The molecule has 0 bridgehead atoms. The number of halogens is 3. The van der Waals surface area contributed by atoms with Crippen LogP contribution >= 0.6 is 0 Å². The second kappa shape index (κ2) is 9.67. The van der Waals surface area contributed by atoms with Gasteiger partial charge >= 0.3 is 12.3 Å². The molecule has 1 aromatic rings. The number of carbonyl (C=O) groups excluding carboxylic acids is 2. The van der Waals surface area contributed by atoms with E-state index in [-0.39, 0.29) is 37.7 Å². The molecule has 2 aliphatic rings. The van der Waals surface area contributed by atoms with Crippen molar-refractivity contribution < 1.29 is 41.1 Å². The number of carbonyl (C=O) groups is 3. The first-order valence-electron chi connectivity index (χ1n) is 11.2. The van der Waals surface area contributed by atoms with Crippen LogP contribution in [0.3, 0.4) is 0 Å². The van der Waals surface area contributed by atoms with E-state index in [1.54, 1.807) is 0 Å². The van der Waals surface area contributed by atoms with Crippen molar-refractivity contribution in [2.24, 2.45) is 0 Å². The van der Waals surface area contributed by atoms with E-state index in [9.17, 15) is 36.0 Å². The molecule has 3 rings (SSSR count). The van der Waals surface area contributed by atoms with Gasteiger partial charge in [-0.05, 0) is 51.3 Å². The number of alkyl halides is 3. The van der Waals surface area contributed by atoms with Gasteiger partial charge in [-0.25, -0.2) is 13.2 Å². The molecule has 2 heterocycles. The fraction of sp³-hybridized carbons (Fsp3) is 0.591. The fourth-order valence-electron chi connectivity index (χ4n) is 4.43. The molecule has 3 amide bonds. The molecule has 0 aromatic heterocycles. The molecule has 1 atom stereocenters. The molecule has 1 aromatic carbocycles. The number of benzene rings is 1. The van der Waals surface area contributed by atoms with E-state index in [1.165, 1.54) is 23.6 Å². The quantitative estimate of drug-likeness (QED) is 0.595. The van der Waals surface area contributed by atoms with Gasteiger partial charge in [-0.3, -0.25) is 9.59 Å². The van der Waals surface area contributed by atoms with Crippen LogP contribution < -0.4 is 5.32 Å². The maximum Gasteiger partial charge on any atom is 0.416 e. The summed E-state index contributed by atoms with van der Waals surface area (Å²) < 4.78 is 64.9. The van der Waals surface area contributed by atoms with E-state index in [4.69, 9.17) is 5.11 Å². The van der Waals surface area contributed by atoms with E-state index in [0.29, 0.717) is 18.9 Å². The van der Waals surface area contributed by atoms with Crippen molar-refractivity contribution in [1.29, 1.82) is 0 Å². The monoisotopic (exact) mass is 519 g/mol. The lowest BCUT2D eigenvalue weighted by Crippen LogP contribution is -2.60. The van der Waals surface area contributed by atoms with E-state index < -0.39 is 56.0 Å². The van der Waals surface area contributed by atoms with E-state index in [1.807, 2.05) is 0 Å². The number of carboxylic acid groups (broad SMARTS) is 1. The van der Waals surface area contributed by atoms with Crippen LogP contribution in [0.5, 0.6) is 0 Å². The van der Waals surface area contributed by atoms with E-state index in [2.05, 4.69) is 5.32 Å². The van der Waals surface area contributed by atoms with Crippen molar-refractivity contribution >= 4 is 27.7 Å². The molecule has 35 heavy (non-hydrogen) atoms. The highest BCUT2D eigenvalue weighted by Gasteiger charge is 2.52. The third-order valence-electron chi connectivity index (χ3n) is 6.60. The number of piperidine rings is 1. The summed E-state index contributed by atoms with van der Waals surface area (Å²) in [5, 5.41) is 10.8. The van der Waals surface area contributed by atoms with Gasteiger partial charge in [0.1, 0.15) is 5.54 Å². The standard InChI is InChI=1S/C22H28F3N3O6S/c1-14(2)35(33,34)13-21(26-18(29)15-4-3-5-16(12-15)22(23,24)25)8-11-28(19(21)30)17-6-9-27(10-7-17)20(31)32/h3-5,12,14,17H,6-11,13H2,1-2H3,(H,26,29)(H,31,32)/t21-/m1/s1. The Bertz CT molecular complexity index is 1100. The molecular weight excluding hydrogens is 491 g/mol. The van der Waals surface area contributed by atoms with Gasteiger partial charge in [0.05, 0.1) is 16.6 Å². The van der Waals surface area contributed by atoms with Crippen LogP contribution in [0.2, 0.25) is 0 Å². The van der Waals surface area contributed by atoms with Crippen LogP contribution in [-0.4, -0.2) is 83.4 Å². The zero-order valence-electron chi connectivity index (χ0n) is 19.3. The molecule has 2 saturated heterocycles. The van der Waals surface area contributed by atoms with Gasteiger partial charge in [0.15, 0.2) is 9.84 Å². The molecule has 0 saturated carbocycles. The summed E-state index contributed by atoms with van der Waals surface area (Å²) in [4.78, 5) is 40.4. The Morgan fingerprint density at radius 2 is 1.83 bits per heavy atom. The van der Waals surface area contributed by atoms with Crippen LogP contribution in [0.15, 0.2) is 24.3 Å². The Hall–Kier alpha value is -2.83. The number of sulfone groups is 1. The van der Waals surface area contributed by atoms with Gasteiger partial charge in [-0.2, -0.15) is 13.2 Å². The van der Waals surface area contributed by atoms with E-state index in [0.717, 1.165) is 18.2 Å². The molecule has 0 aliphatic carbocycles. The normalized spacial score (nSPS) is 22.1. The maximum absolute atomic E-state index is 13.6. The second-order valence-electron chi connectivity index (χ2n) is 9.22. The van der Waals surface area contributed by atoms with Gasteiger partial charge in [0.25, 0.3) is 5.91 Å². The lowest BCUT2D eigenvalue weighted by Gasteiger charge is -2.37. The lowest BCUT2D eigenvalue weighted by molar-refractivity contribution is -0.137. The third kappa shape index (κ3) is 5.71. The third-order valence-corrected chi connectivity index (χ3v) is 8.93. The first kappa shape index (κ1) is 26.8. The Balaban J connectivity index is 1.88. The minimum atomic E-state index is -4.68. The highest BCUT2D eigenvalue weighted by Crippen LogP contribution is 2.32. The summed E-state index contributed by atoms with van der Waals surface area (Å²) in [5.74, 6) is -2.30. The van der Waals surface area contributed by atoms with Crippen molar-refractivity contribution in [3.8, 4) is 0 Å². The molecule has 2 fully saturated rings. The highest BCUT2D eigenvalue weighted by molar-refractivity contribution is 7.92. The van der Waals surface area contributed by atoms with Crippen molar-refractivity contribution in [1.82, 2.24) is 15.1 Å². The SMILES string of the molecule is CC(C)S(=O)(=O)C[C@]1(NC(=O)c2cccc(C(F)(F)F)c2)CCN(C2CCN(C(=O)O)CC2)C1=O. The van der Waals surface area contributed by atoms with Crippen molar-refractivity contribution in [3.05, 3.63) is 35.4 Å². The fourth-order valence-corrected chi connectivity index (χ4v) is 5.79. The summed E-state index contributed by atoms with van der Waals surface area (Å²) in [5.41, 5.74) is -3.22. The summed E-state index contributed by atoms with van der Waals surface area (Å²) in [6, 6.07) is 3.34. The van der Waals surface area contributed by atoms with Crippen LogP contribution in [0.1, 0.15) is 49.0 Å².